The first-order valence-electron chi connectivity index (χ1n) is 10.9. The van der Waals surface area contributed by atoms with Crippen molar-refractivity contribution in [3.8, 4) is 0 Å². The molecule has 34 heavy (non-hydrogen) atoms. The normalized spacial score (nSPS) is 12.3. The molecular formula is C24H28F3N3O4. The predicted octanol–water partition coefficient (Wildman–Crippen LogP) is 5.74. The molecule has 7 nitrogen and oxygen atoms in total. The summed E-state index contributed by atoms with van der Waals surface area (Å²) in [4.78, 5) is 34.6. The van der Waals surface area contributed by atoms with E-state index in [1.54, 1.807) is 24.3 Å². The number of carbonyl (C=O) groups is 2. The molecule has 0 bridgehead atoms. The van der Waals surface area contributed by atoms with Gasteiger partial charge >= 0.3 is 6.18 Å². The van der Waals surface area contributed by atoms with Gasteiger partial charge in [-0.05, 0) is 42.5 Å². The van der Waals surface area contributed by atoms with Gasteiger partial charge in [-0.3, -0.25) is 19.7 Å². The summed E-state index contributed by atoms with van der Waals surface area (Å²) in [5.74, 6) is -0.650. The van der Waals surface area contributed by atoms with Gasteiger partial charge < -0.3 is 10.6 Å². The Morgan fingerprint density at radius 1 is 1.09 bits per heavy atom. The van der Waals surface area contributed by atoms with Crippen LogP contribution in [0.5, 0.6) is 0 Å². The number of nitro groups is 1. The molecular weight excluding hydrogens is 451 g/mol. The number of hydrogen-bond acceptors (Lipinski definition) is 4. The molecule has 10 heteroatoms. The lowest BCUT2D eigenvalue weighted by molar-refractivity contribution is -0.385. The van der Waals surface area contributed by atoms with E-state index >= 15 is 0 Å². The highest BCUT2D eigenvalue weighted by atomic mass is 19.4. The number of benzene rings is 2. The molecule has 0 heterocycles. The molecule has 0 saturated heterocycles. The lowest BCUT2D eigenvalue weighted by Crippen LogP contribution is -2.36. The van der Waals surface area contributed by atoms with E-state index in [4.69, 9.17) is 0 Å². The third-order valence-corrected chi connectivity index (χ3v) is 5.01. The maximum Gasteiger partial charge on any atom is 0.416 e. The van der Waals surface area contributed by atoms with Gasteiger partial charge in [0.1, 0.15) is 0 Å². The summed E-state index contributed by atoms with van der Waals surface area (Å²) in [5.41, 5.74) is -1.33. The van der Waals surface area contributed by atoms with E-state index in [-0.39, 0.29) is 17.9 Å². The molecule has 2 amide bonds. The van der Waals surface area contributed by atoms with Gasteiger partial charge in [0.2, 0.25) is 5.91 Å². The molecule has 0 aliphatic heterocycles. The summed E-state index contributed by atoms with van der Waals surface area (Å²) in [6, 6.07) is 8.41. The van der Waals surface area contributed by atoms with Crippen LogP contribution in [0.3, 0.4) is 0 Å². The van der Waals surface area contributed by atoms with Crippen molar-refractivity contribution in [2.45, 2.75) is 58.7 Å². The van der Waals surface area contributed by atoms with Gasteiger partial charge in [0.05, 0.1) is 10.5 Å². The number of rotatable bonds is 10. The Kier molecular flexibility index (Phi) is 9.17. The Labute approximate surface area is 195 Å². The van der Waals surface area contributed by atoms with Crippen molar-refractivity contribution in [2.75, 3.05) is 5.32 Å². The lowest BCUT2D eigenvalue weighted by Gasteiger charge is -2.19. The number of hydrogen-bond donors (Lipinski definition) is 2. The Morgan fingerprint density at radius 2 is 1.74 bits per heavy atom. The standard InChI is InChI=1S/C24H28F3N3O4/c1-4-5-20(28-22(31)10-15(2)3)11-16-6-8-19(9-7-16)29-23(32)17-12-18(24(25,26)27)14-21(13-17)30(33)34/h6-9,12-15,20H,4-5,10-11H2,1-3H3,(H,28,31)(H,29,32). The summed E-state index contributed by atoms with van der Waals surface area (Å²) >= 11 is 0. The summed E-state index contributed by atoms with van der Waals surface area (Å²) in [6.45, 7) is 5.97. The SMILES string of the molecule is CCCC(Cc1ccc(NC(=O)c2cc([N+](=O)[O-])cc(C(F)(F)F)c2)cc1)NC(=O)CC(C)C. The highest BCUT2D eigenvalue weighted by molar-refractivity contribution is 6.04. The number of nitrogens with one attached hydrogen (secondary N) is 2. The first kappa shape index (κ1) is 26.8. The van der Waals surface area contributed by atoms with Crippen LogP contribution in [-0.2, 0) is 17.4 Å². The molecule has 0 radical (unpaired) electrons. The Morgan fingerprint density at radius 3 is 2.26 bits per heavy atom. The number of carbonyl (C=O) groups excluding carboxylic acids is 2. The van der Waals surface area contributed by atoms with E-state index in [0.29, 0.717) is 30.7 Å². The van der Waals surface area contributed by atoms with Crippen molar-refractivity contribution >= 4 is 23.2 Å². The molecule has 1 unspecified atom stereocenters. The van der Waals surface area contributed by atoms with Gasteiger partial charge in [-0.2, -0.15) is 13.2 Å². The molecule has 184 valence electrons. The minimum Gasteiger partial charge on any atom is -0.353 e. The van der Waals surface area contributed by atoms with Gasteiger partial charge in [-0.25, -0.2) is 0 Å². The zero-order valence-electron chi connectivity index (χ0n) is 19.2. The Balaban J connectivity index is 2.12. The minimum absolute atomic E-state index is 0.00693. The quantitative estimate of drug-likeness (QED) is 0.335. The summed E-state index contributed by atoms with van der Waals surface area (Å²) in [7, 11) is 0. The number of nitrogens with zero attached hydrogens (tertiary/aromatic N) is 1. The fourth-order valence-corrected chi connectivity index (χ4v) is 3.45. The molecule has 0 aliphatic rings. The third-order valence-electron chi connectivity index (χ3n) is 5.01. The van der Waals surface area contributed by atoms with Crippen molar-refractivity contribution in [1.29, 1.82) is 0 Å². The molecule has 1 atom stereocenters. The zero-order valence-corrected chi connectivity index (χ0v) is 19.2. The molecule has 0 spiro atoms. The van der Waals surface area contributed by atoms with Gasteiger partial charge in [0, 0.05) is 35.8 Å². The van der Waals surface area contributed by atoms with Gasteiger partial charge in [0.25, 0.3) is 11.6 Å². The van der Waals surface area contributed by atoms with E-state index in [1.807, 2.05) is 20.8 Å². The number of alkyl halides is 3. The second kappa shape index (κ2) is 11.6. The third kappa shape index (κ3) is 8.17. The van der Waals surface area contributed by atoms with Gasteiger partial charge in [-0.1, -0.05) is 39.3 Å². The second-order valence-electron chi connectivity index (χ2n) is 8.53. The van der Waals surface area contributed by atoms with Gasteiger partial charge in [-0.15, -0.1) is 0 Å². The van der Waals surface area contributed by atoms with Crippen LogP contribution in [0, 0.1) is 16.0 Å². The fourth-order valence-electron chi connectivity index (χ4n) is 3.45. The van der Waals surface area contributed by atoms with Gasteiger partial charge in [0.15, 0.2) is 0 Å². The molecule has 2 aromatic carbocycles. The molecule has 0 fully saturated rings. The summed E-state index contributed by atoms with van der Waals surface area (Å²) < 4.78 is 39.2. The first-order chi connectivity index (χ1) is 15.9. The number of halogens is 3. The molecule has 2 N–H and O–H groups in total. The van der Waals surface area contributed by atoms with Crippen molar-refractivity contribution in [1.82, 2.24) is 5.32 Å². The Bertz CT molecular complexity index is 1020. The van der Waals surface area contributed by atoms with Crippen LogP contribution >= 0.6 is 0 Å². The van der Waals surface area contributed by atoms with E-state index < -0.39 is 33.8 Å². The molecule has 0 aliphatic carbocycles. The maximum atomic E-state index is 13.1. The Hall–Kier alpha value is -3.43. The maximum absolute atomic E-state index is 13.1. The average Bonchev–Trinajstić information content (AvgIpc) is 2.73. The second-order valence-corrected chi connectivity index (χ2v) is 8.53. The van der Waals surface area contributed by atoms with Crippen LogP contribution in [0.4, 0.5) is 24.5 Å². The zero-order chi connectivity index (χ0) is 25.5. The monoisotopic (exact) mass is 479 g/mol. The molecule has 0 aromatic heterocycles. The predicted molar refractivity (Wildman–Crippen MR) is 122 cm³/mol. The number of nitro benzene ring substituents is 1. The van der Waals surface area contributed by atoms with Crippen LogP contribution < -0.4 is 10.6 Å². The fraction of sp³-hybridized carbons (Fsp3) is 0.417. The van der Waals surface area contributed by atoms with Crippen molar-refractivity contribution in [3.05, 3.63) is 69.3 Å². The van der Waals surface area contributed by atoms with Crippen LogP contribution in [0.1, 0.15) is 61.5 Å². The van der Waals surface area contributed by atoms with Crippen LogP contribution in [0.15, 0.2) is 42.5 Å². The van der Waals surface area contributed by atoms with Crippen LogP contribution in [0.2, 0.25) is 0 Å². The molecule has 0 saturated carbocycles. The molecule has 2 rings (SSSR count). The number of amides is 2. The highest BCUT2D eigenvalue weighted by Gasteiger charge is 2.33. The van der Waals surface area contributed by atoms with Crippen LogP contribution in [-0.4, -0.2) is 22.8 Å². The smallest absolute Gasteiger partial charge is 0.353 e. The van der Waals surface area contributed by atoms with Crippen LogP contribution in [0.25, 0.3) is 0 Å². The van der Waals surface area contributed by atoms with E-state index in [0.717, 1.165) is 24.5 Å². The first-order valence-corrected chi connectivity index (χ1v) is 10.9. The molecule has 2 aromatic rings. The van der Waals surface area contributed by atoms with E-state index in [1.165, 1.54) is 0 Å². The topological polar surface area (TPSA) is 101 Å². The van der Waals surface area contributed by atoms with Crippen molar-refractivity contribution in [3.63, 3.8) is 0 Å². The van der Waals surface area contributed by atoms with E-state index in [2.05, 4.69) is 10.6 Å². The number of non-ortho nitro benzene ring substituents is 1. The average molecular weight is 479 g/mol. The lowest BCUT2D eigenvalue weighted by atomic mass is 10.0. The summed E-state index contributed by atoms with van der Waals surface area (Å²) in [5, 5.41) is 16.5. The largest absolute Gasteiger partial charge is 0.416 e. The number of anilines is 1. The van der Waals surface area contributed by atoms with Crippen molar-refractivity contribution < 1.29 is 27.7 Å². The van der Waals surface area contributed by atoms with Crippen molar-refractivity contribution in [2.24, 2.45) is 5.92 Å². The van der Waals surface area contributed by atoms with E-state index in [9.17, 15) is 32.9 Å². The minimum atomic E-state index is -4.83. The highest BCUT2D eigenvalue weighted by Crippen LogP contribution is 2.32. The summed E-state index contributed by atoms with van der Waals surface area (Å²) in [6.07, 6.45) is -2.10.